The van der Waals surface area contributed by atoms with Crippen LogP contribution in [0, 0.1) is 17.2 Å². The van der Waals surface area contributed by atoms with Crippen molar-refractivity contribution >= 4 is 40.7 Å². The van der Waals surface area contributed by atoms with Gasteiger partial charge in [-0.15, -0.1) is 0 Å². The van der Waals surface area contributed by atoms with Crippen molar-refractivity contribution in [2.24, 2.45) is 5.92 Å². The maximum atomic E-state index is 13.2. The fraction of sp³-hybridized carbons (Fsp3) is 0.292. The summed E-state index contributed by atoms with van der Waals surface area (Å²) in [5, 5.41) is 10.3. The standard InChI is InChI=1S/C24H20Cl3N3O3/c1-14(32-23-7-3-16(25)11-29-23)18-12-30(24(31)22-6-4-17(33-22)8-9-28)13-19(18)15-2-5-20(26)21(27)10-15/h2-7,10-11,14,18-19H,8,12-13H2,1H3/t14-,18?,19+/m1/s1. The van der Waals surface area contributed by atoms with E-state index in [1.165, 1.54) is 6.20 Å². The lowest BCUT2D eigenvalue weighted by molar-refractivity contribution is 0.0737. The Bertz CT molecular complexity index is 1190. The molecule has 0 spiro atoms. The lowest BCUT2D eigenvalue weighted by Crippen LogP contribution is -2.32. The summed E-state index contributed by atoms with van der Waals surface area (Å²) in [4.78, 5) is 19.1. The highest BCUT2D eigenvalue weighted by atomic mass is 35.5. The predicted molar refractivity (Wildman–Crippen MR) is 126 cm³/mol. The minimum atomic E-state index is -0.262. The molecule has 1 aliphatic heterocycles. The highest BCUT2D eigenvalue weighted by molar-refractivity contribution is 6.42. The first-order valence-electron chi connectivity index (χ1n) is 10.3. The van der Waals surface area contributed by atoms with Gasteiger partial charge in [-0.1, -0.05) is 40.9 Å². The second-order valence-corrected chi connectivity index (χ2v) is 9.14. The summed E-state index contributed by atoms with van der Waals surface area (Å²) in [6.07, 6.45) is 1.38. The molecule has 3 heterocycles. The molecule has 1 unspecified atom stereocenters. The van der Waals surface area contributed by atoms with Crippen LogP contribution < -0.4 is 4.74 Å². The van der Waals surface area contributed by atoms with Crippen molar-refractivity contribution in [3.8, 4) is 11.9 Å². The predicted octanol–water partition coefficient (Wildman–Crippen LogP) is 6.02. The lowest BCUT2D eigenvalue weighted by atomic mass is 9.86. The number of amides is 1. The number of nitriles is 1. The van der Waals surface area contributed by atoms with E-state index in [2.05, 4.69) is 4.98 Å². The Kier molecular flexibility index (Phi) is 7.14. The van der Waals surface area contributed by atoms with Crippen molar-refractivity contribution in [3.63, 3.8) is 0 Å². The SMILES string of the molecule is C[C@@H](Oc1ccc(Cl)cn1)C1CN(C(=O)c2ccc(CC#N)o2)C[C@H]1c1ccc(Cl)c(Cl)c1. The number of likely N-dealkylation sites (tertiary alicyclic amines) is 1. The highest BCUT2D eigenvalue weighted by Crippen LogP contribution is 2.39. The molecule has 1 fully saturated rings. The van der Waals surface area contributed by atoms with Crippen LogP contribution >= 0.6 is 34.8 Å². The van der Waals surface area contributed by atoms with Crippen molar-refractivity contribution in [3.05, 3.63) is 80.8 Å². The number of furan rings is 1. The summed E-state index contributed by atoms with van der Waals surface area (Å²) in [7, 11) is 0. The summed E-state index contributed by atoms with van der Waals surface area (Å²) >= 11 is 18.3. The Morgan fingerprint density at radius 1 is 1.21 bits per heavy atom. The number of aromatic nitrogens is 1. The smallest absolute Gasteiger partial charge is 0.289 e. The topological polar surface area (TPSA) is 79.4 Å². The molecule has 170 valence electrons. The van der Waals surface area contributed by atoms with Crippen molar-refractivity contribution in [2.45, 2.75) is 25.4 Å². The number of ether oxygens (including phenoxy) is 1. The molecule has 0 bridgehead atoms. The van der Waals surface area contributed by atoms with Gasteiger partial charge in [0.2, 0.25) is 5.88 Å². The lowest BCUT2D eigenvalue weighted by Gasteiger charge is -2.25. The van der Waals surface area contributed by atoms with Gasteiger partial charge in [0.05, 0.1) is 27.6 Å². The van der Waals surface area contributed by atoms with E-state index in [9.17, 15) is 4.79 Å². The number of pyridine rings is 1. The van der Waals surface area contributed by atoms with Crippen LogP contribution in [0.5, 0.6) is 5.88 Å². The fourth-order valence-electron chi connectivity index (χ4n) is 4.10. The van der Waals surface area contributed by atoms with Crippen LogP contribution in [0.1, 0.15) is 34.7 Å². The molecule has 1 aromatic carbocycles. The molecule has 6 nitrogen and oxygen atoms in total. The number of carbonyl (C=O) groups is 1. The molecule has 0 radical (unpaired) electrons. The molecule has 3 atom stereocenters. The first-order valence-corrected chi connectivity index (χ1v) is 11.5. The van der Waals surface area contributed by atoms with Gasteiger partial charge >= 0.3 is 0 Å². The van der Waals surface area contributed by atoms with E-state index in [0.717, 1.165) is 5.56 Å². The molecule has 1 saturated heterocycles. The van der Waals surface area contributed by atoms with Gasteiger partial charge < -0.3 is 14.1 Å². The zero-order valence-electron chi connectivity index (χ0n) is 17.7. The summed E-state index contributed by atoms with van der Waals surface area (Å²) in [5.41, 5.74) is 0.967. The second kappa shape index (κ2) is 10.0. The van der Waals surface area contributed by atoms with Crippen LogP contribution in [0.15, 0.2) is 53.1 Å². The van der Waals surface area contributed by atoms with Crippen molar-refractivity contribution in [1.82, 2.24) is 9.88 Å². The molecule has 1 amide bonds. The van der Waals surface area contributed by atoms with Gasteiger partial charge in [0.25, 0.3) is 5.91 Å². The Morgan fingerprint density at radius 3 is 2.73 bits per heavy atom. The minimum absolute atomic E-state index is 0.0421. The fourth-order valence-corrected chi connectivity index (χ4v) is 4.52. The van der Waals surface area contributed by atoms with Crippen LogP contribution in [0.25, 0.3) is 0 Å². The van der Waals surface area contributed by atoms with Gasteiger partial charge in [0.15, 0.2) is 5.76 Å². The van der Waals surface area contributed by atoms with E-state index in [1.807, 2.05) is 25.1 Å². The van der Waals surface area contributed by atoms with E-state index in [1.54, 1.807) is 35.2 Å². The van der Waals surface area contributed by atoms with Gasteiger partial charge in [-0.2, -0.15) is 5.26 Å². The Labute approximate surface area is 206 Å². The summed E-state index contributed by atoms with van der Waals surface area (Å²) in [6, 6.07) is 14.2. The summed E-state index contributed by atoms with van der Waals surface area (Å²) in [5.74, 6) is 0.807. The number of benzene rings is 1. The van der Waals surface area contributed by atoms with Gasteiger partial charge in [-0.25, -0.2) is 4.98 Å². The van der Waals surface area contributed by atoms with Crippen LogP contribution in [0.2, 0.25) is 15.1 Å². The molecule has 0 aliphatic carbocycles. The van der Waals surface area contributed by atoms with Crippen molar-refractivity contribution in [1.29, 1.82) is 5.26 Å². The quantitative estimate of drug-likeness (QED) is 0.410. The Balaban J connectivity index is 1.59. The average molecular weight is 505 g/mol. The first kappa shape index (κ1) is 23.4. The van der Waals surface area contributed by atoms with E-state index in [-0.39, 0.29) is 36.0 Å². The Morgan fingerprint density at radius 2 is 2.03 bits per heavy atom. The van der Waals surface area contributed by atoms with E-state index in [0.29, 0.717) is 39.8 Å². The number of carbonyl (C=O) groups excluding carboxylic acids is 1. The third-order valence-electron chi connectivity index (χ3n) is 5.76. The third-order valence-corrected chi connectivity index (χ3v) is 6.72. The summed E-state index contributed by atoms with van der Waals surface area (Å²) < 4.78 is 11.7. The second-order valence-electron chi connectivity index (χ2n) is 7.89. The van der Waals surface area contributed by atoms with Crippen molar-refractivity contribution in [2.75, 3.05) is 13.1 Å². The molecular weight excluding hydrogens is 485 g/mol. The first-order chi connectivity index (χ1) is 15.9. The number of nitrogens with zero attached hydrogens (tertiary/aromatic N) is 3. The maximum Gasteiger partial charge on any atom is 0.289 e. The normalized spacial score (nSPS) is 18.7. The van der Waals surface area contributed by atoms with E-state index < -0.39 is 0 Å². The molecule has 0 saturated carbocycles. The number of halogens is 3. The zero-order valence-corrected chi connectivity index (χ0v) is 19.9. The molecule has 0 N–H and O–H groups in total. The van der Waals surface area contributed by atoms with Crippen LogP contribution in [0.3, 0.4) is 0 Å². The molecule has 3 aromatic rings. The molecule has 9 heteroatoms. The van der Waals surface area contributed by atoms with E-state index >= 15 is 0 Å². The number of rotatable bonds is 6. The van der Waals surface area contributed by atoms with Crippen LogP contribution in [0.4, 0.5) is 0 Å². The molecular formula is C24H20Cl3N3O3. The number of hydrogen-bond donors (Lipinski definition) is 0. The zero-order chi connectivity index (χ0) is 23.5. The van der Waals surface area contributed by atoms with Gasteiger partial charge in [-0.05, 0) is 42.8 Å². The molecule has 1 aliphatic rings. The third kappa shape index (κ3) is 5.27. The van der Waals surface area contributed by atoms with Crippen LogP contribution in [-0.2, 0) is 6.42 Å². The maximum absolute atomic E-state index is 13.2. The summed E-state index contributed by atoms with van der Waals surface area (Å²) in [6.45, 7) is 2.86. The average Bonchev–Trinajstić information content (AvgIpc) is 3.45. The highest BCUT2D eigenvalue weighted by Gasteiger charge is 2.41. The molecule has 4 rings (SSSR count). The van der Waals surface area contributed by atoms with Gasteiger partial charge in [-0.3, -0.25) is 4.79 Å². The van der Waals surface area contributed by atoms with Gasteiger partial charge in [0, 0.05) is 37.2 Å². The van der Waals surface area contributed by atoms with Crippen molar-refractivity contribution < 1.29 is 13.9 Å². The van der Waals surface area contributed by atoms with E-state index in [4.69, 9.17) is 49.2 Å². The number of hydrogen-bond acceptors (Lipinski definition) is 5. The monoisotopic (exact) mass is 503 g/mol. The Hall–Kier alpha value is -2.72. The molecule has 33 heavy (non-hydrogen) atoms. The minimum Gasteiger partial charge on any atom is -0.474 e. The molecule has 2 aromatic heterocycles. The van der Waals surface area contributed by atoms with Crippen LogP contribution in [-0.4, -0.2) is 35.0 Å². The largest absolute Gasteiger partial charge is 0.474 e. The van der Waals surface area contributed by atoms with Gasteiger partial charge in [0.1, 0.15) is 11.9 Å².